The van der Waals surface area contributed by atoms with Gasteiger partial charge in [0.1, 0.15) is 5.82 Å². The smallest absolute Gasteiger partial charge is 0.133 e. The average molecular weight is 267 g/mol. The number of benzene rings is 1. The number of fused-ring (bicyclic) bond motifs is 1. The Labute approximate surface area is 116 Å². The lowest BCUT2D eigenvalue weighted by molar-refractivity contribution is 1.25. The maximum Gasteiger partial charge on any atom is 0.133 e. The van der Waals surface area contributed by atoms with Crippen molar-refractivity contribution in [2.24, 2.45) is 0 Å². The Morgan fingerprint density at radius 3 is 2.68 bits per heavy atom. The van der Waals surface area contributed by atoms with Crippen LogP contribution < -0.4 is 5.32 Å². The molecule has 0 atom stereocenters. The summed E-state index contributed by atoms with van der Waals surface area (Å²) in [6, 6.07) is 8.22. The summed E-state index contributed by atoms with van der Waals surface area (Å²) in [5.41, 5.74) is 2.85. The van der Waals surface area contributed by atoms with Crippen molar-refractivity contribution >= 4 is 35.7 Å². The lowest BCUT2D eigenvalue weighted by Gasteiger charge is -1.96. The number of anilines is 1. The van der Waals surface area contributed by atoms with E-state index in [0.717, 1.165) is 27.9 Å². The standard InChI is InChI=1S/C15H13N3S/c1-3-10-11(4-2)17-14(16-10)9-15-18-12-7-5-6-8-13(12)19-15/h3-9,18H,1-2H2,(H,16,17). The first kappa shape index (κ1) is 11.9. The number of imidazole rings is 1. The zero-order valence-electron chi connectivity index (χ0n) is 10.3. The molecule has 2 N–H and O–H groups in total. The number of aromatic amines is 1. The zero-order chi connectivity index (χ0) is 13.2. The topological polar surface area (TPSA) is 40.7 Å². The summed E-state index contributed by atoms with van der Waals surface area (Å²) < 4.78 is 0. The quantitative estimate of drug-likeness (QED) is 0.875. The number of nitrogens with one attached hydrogen (secondary N) is 2. The van der Waals surface area contributed by atoms with E-state index in [1.807, 2.05) is 18.2 Å². The highest BCUT2D eigenvalue weighted by Gasteiger charge is 2.15. The predicted octanol–water partition coefficient (Wildman–Crippen LogP) is 4.21. The van der Waals surface area contributed by atoms with Gasteiger partial charge in [0.15, 0.2) is 0 Å². The molecule has 19 heavy (non-hydrogen) atoms. The number of para-hydroxylation sites is 1. The van der Waals surface area contributed by atoms with Gasteiger partial charge in [-0.15, -0.1) is 0 Å². The number of H-pyrrole nitrogens is 1. The maximum atomic E-state index is 4.45. The minimum atomic E-state index is 0.799. The van der Waals surface area contributed by atoms with E-state index in [2.05, 4.69) is 40.6 Å². The molecule has 1 aromatic heterocycles. The molecule has 0 radical (unpaired) electrons. The Morgan fingerprint density at radius 1 is 1.16 bits per heavy atom. The molecular formula is C15H13N3S. The first-order valence-corrected chi connectivity index (χ1v) is 6.72. The van der Waals surface area contributed by atoms with Gasteiger partial charge in [-0.25, -0.2) is 4.98 Å². The van der Waals surface area contributed by atoms with Crippen LogP contribution >= 0.6 is 11.8 Å². The fourth-order valence-corrected chi connectivity index (χ4v) is 2.87. The molecule has 0 unspecified atom stereocenters. The second-order valence-electron chi connectivity index (χ2n) is 4.06. The Hall–Kier alpha value is -2.20. The number of hydrogen-bond acceptors (Lipinski definition) is 3. The van der Waals surface area contributed by atoms with Gasteiger partial charge in [0.25, 0.3) is 0 Å². The van der Waals surface area contributed by atoms with Crippen LogP contribution in [0.4, 0.5) is 5.69 Å². The molecule has 2 heterocycles. The van der Waals surface area contributed by atoms with Crippen molar-refractivity contribution in [2.45, 2.75) is 4.90 Å². The predicted molar refractivity (Wildman–Crippen MR) is 82.7 cm³/mol. The van der Waals surface area contributed by atoms with Gasteiger partial charge in [-0.1, -0.05) is 37.1 Å². The van der Waals surface area contributed by atoms with E-state index in [-0.39, 0.29) is 0 Å². The van der Waals surface area contributed by atoms with E-state index in [1.165, 1.54) is 4.90 Å². The fraction of sp³-hybridized carbons (Fsp3) is 0. The number of nitrogens with zero attached hydrogens (tertiary/aromatic N) is 1. The van der Waals surface area contributed by atoms with Crippen molar-refractivity contribution in [1.29, 1.82) is 0 Å². The molecule has 4 heteroatoms. The van der Waals surface area contributed by atoms with Gasteiger partial charge < -0.3 is 10.3 Å². The lowest BCUT2D eigenvalue weighted by Crippen LogP contribution is -1.88. The Bertz CT molecular complexity index is 630. The highest BCUT2D eigenvalue weighted by Crippen LogP contribution is 2.41. The highest BCUT2D eigenvalue weighted by atomic mass is 32.2. The van der Waals surface area contributed by atoms with Crippen LogP contribution in [0.15, 0.2) is 47.3 Å². The summed E-state index contributed by atoms with van der Waals surface area (Å²) in [6.45, 7) is 7.50. The molecule has 2 aromatic rings. The Balaban J connectivity index is 1.90. The van der Waals surface area contributed by atoms with Crippen molar-refractivity contribution < 1.29 is 0 Å². The van der Waals surface area contributed by atoms with E-state index in [9.17, 15) is 0 Å². The van der Waals surface area contributed by atoms with Gasteiger partial charge >= 0.3 is 0 Å². The molecule has 0 fully saturated rings. The van der Waals surface area contributed by atoms with Gasteiger partial charge in [-0.05, 0) is 24.3 Å². The van der Waals surface area contributed by atoms with Crippen molar-refractivity contribution in [2.75, 3.05) is 5.32 Å². The zero-order valence-corrected chi connectivity index (χ0v) is 11.1. The number of hydrogen-bond donors (Lipinski definition) is 2. The molecule has 3 rings (SSSR count). The summed E-state index contributed by atoms with van der Waals surface area (Å²) in [5, 5.41) is 4.42. The van der Waals surface area contributed by atoms with Crippen molar-refractivity contribution in [1.82, 2.24) is 9.97 Å². The van der Waals surface area contributed by atoms with E-state index < -0.39 is 0 Å². The SMILES string of the molecule is C=Cc1nc(C=C2Nc3ccccc3S2)[nH]c1C=C. The van der Waals surface area contributed by atoms with Crippen molar-refractivity contribution in [3.63, 3.8) is 0 Å². The average Bonchev–Trinajstić information content (AvgIpc) is 3.01. The van der Waals surface area contributed by atoms with Crippen LogP contribution in [0.25, 0.3) is 18.2 Å². The molecule has 0 saturated carbocycles. The molecular weight excluding hydrogens is 254 g/mol. The molecule has 1 aliphatic heterocycles. The van der Waals surface area contributed by atoms with Gasteiger partial charge in [0.05, 0.1) is 22.1 Å². The molecule has 1 aliphatic rings. The lowest BCUT2D eigenvalue weighted by atomic mass is 10.3. The molecule has 1 aromatic carbocycles. The summed E-state index contributed by atoms with van der Waals surface area (Å²) in [5.74, 6) is 0.799. The van der Waals surface area contributed by atoms with Crippen LogP contribution in [0.2, 0.25) is 0 Å². The number of thioether (sulfide) groups is 1. The van der Waals surface area contributed by atoms with Gasteiger partial charge in [0, 0.05) is 11.0 Å². The van der Waals surface area contributed by atoms with Gasteiger partial charge in [-0.3, -0.25) is 0 Å². The van der Waals surface area contributed by atoms with Crippen LogP contribution in [-0.4, -0.2) is 9.97 Å². The third kappa shape index (κ3) is 2.22. The second kappa shape index (κ2) is 4.82. The van der Waals surface area contributed by atoms with Gasteiger partial charge in [0.2, 0.25) is 0 Å². The first-order chi connectivity index (χ1) is 9.30. The van der Waals surface area contributed by atoms with Crippen LogP contribution in [0, 0.1) is 0 Å². The number of rotatable bonds is 3. The fourth-order valence-electron chi connectivity index (χ4n) is 1.92. The maximum absolute atomic E-state index is 4.45. The number of aromatic nitrogens is 2. The van der Waals surface area contributed by atoms with Crippen LogP contribution in [0.3, 0.4) is 0 Å². The van der Waals surface area contributed by atoms with Crippen LogP contribution in [-0.2, 0) is 0 Å². The van der Waals surface area contributed by atoms with E-state index in [4.69, 9.17) is 0 Å². The summed E-state index contributed by atoms with van der Waals surface area (Å²) in [7, 11) is 0. The largest absolute Gasteiger partial charge is 0.349 e. The molecule has 0 bridgehead atoms. The minimum Gasteiger partial charge on any atom is -0.349 e. The minimum absolute atomic E-state index is 0.799. The summed E-state index contributed by atoms with van der Waals surface area (Å²) in [4.78, 5) is 8.89. The third-order valence-electron chi connectivity index (χ3n) is 2.81. The van der Waals surface area contributed by atoms with Crippen LogP contribution in [0.5, 0.6) is 0 Å². The highest BCUT2D eigenvalue weighted by molar-refractivity contribution is 8.03. The normalized spacial score (nSPS) is 15.1. The van der Waals surface area contributed by atoms with Gasteiger partial charge in [-0.2, -0.15) is 0 Å². The molecule has 0 saturated heterocycles. The Kier molecular flexibility index (Phi) is 3.01. The molecule has 0 amide bonds. The van der Waals surface area contributed by atoms with Crippen LogP contribution in [0.1, 0.15) is 17.2 Å². The first-order valence-electron chi connectivity index (χ1n) is 5.90. The summed E-state index contributed by atoms with van der Waals surface area (Å²) in [6.07, 6.45) is 5.46. The molecule has 3 nitrogen and oxygen atoms in total. The molecule has 0 spiro atoms. The van der Waals surface area contributed by atoms with Crippen molar-refractivity contribution in [3.8, 4) is 0 Å². The monoisotopic (exact) mass is 267 g/mol. The van der Waals surface area contributed by atoms with E-state index in [1.54, 1.807) is 23.9 Å². The van der Waals surface area contributed by atoms with E-state index in [0.29, 0.717) is 0 Å². The molecule has 0 aliphatic carbocycles. The second-order valence-corrected chi connectivity index (χ2v) is 5.14. The summed E-state index contributed by atoms with van der Waals surface area (Å²) >= 11 is 1.70. The Morgan fingerprint density at radius 2 is 2.00 bits per heavy atom. The van der Waals surface area contributed by atoms with Crippen molar-refractivity contribution in [3.05, 3.63) is 59.7 Å². The van der Waals surface area contributed by atoms with E-state index >= 15 is 0 Å². The third-order valence-corrected chi connectivity index (χ3v) is 3.83. The molecule has 94 valence electrons.